The van der Waals surface area contributed by atoms with Gasteiger partial charge in [0.05, 0.1) is 11.1 Å². The quantitative estimate of drug-likeness (QED) is 0.883. The molecule has 0 aromatic heterocycles. The van der Waals surface area contributed by atoms with Gasteiger partial charge in [0.15, 0.2) is 0 Å². The first-order valence-electron chi connectivity index (χ1n) is 6.41. The van der Waals surface area contributed by atoms with E-state index in [1.165, 1.54) is 43.9 Å². The Hall–Kier alpha value is -0.800. The molecule has 0 saturated heterocycles. The van der Waals surface area contributed by atoms with Crippen LogP contribution in [0.25, 0.3) is 0 Å². The minimum absolute atomic E-state index is 0.0396. The van der Waals surface area contributed by atoms with E-state index in [4.69, 9.17) is 16.3 Å². The van der Waals surface area contributed by atoms with E-state index in [-0.39, 0.29) is 11.6 Å². The van der Waals surface area contributed by atoms with Crippen LogP contribution in [-0.4, -0.2) is 17.8 Å². The van der Waals surface area contributed by atoms with E-state index in [9.17, 15) is 9.50 Å². The van der Waals surface area contributed by atoms with Crippen LogP contribution in [0.5, 0.6) is 5.75 Å². The van der Waals surface area contributed by atoms with Gasteiger partial charge in [0, 0.05) is 6.07 Å². The number of aliphatic hydroxyl groups is 1. The molecule has 2 rings (SSSR count). The van der Waals surface area contributed by atoms with Crippen LogP contribution in [0, 0.1) is 11.7 Å². The molecule has 4 heteroatoms. The molecule has 1 aliphatic carbocycles. The third-order valence-electron chi connectivity index (χ3n) is 3.41. The molecule has 0 radical (unpaired) electrons. The number of rotatable bonds is 5. The molecular formula is C14H18ClFO2. The second-order valence-corrected chi connectivity index (χ2v) is 5.33. The molecule has 1 saturated carbocycles. The molecule has 1 atom stereocenters. The molecule has 18 heavy (non-hydrogen) atoms. The first-order valence-corrected chi connectivity index (χ1v) is 6.79. The van der Waals surface area contributed by atoms with Crippen molar-refractivity contribution in [1.82, 2.24) is 0 Å². The number of hydrogen-bond donors (Lipinski definition) is 1. The minimum atomic E-state index is -0.462. The highest BCUT2D eigenvalue weighted by Gasteiger charge is 2.19. The standard InChI is InChI=1S/C14H18ClFO2/c15-13-8-12(5-6-14(13)16)18-9-11(17)7-10-3-1-2-4-10/h5-6,8,10-11,17H,1-4,7,9H2. The van der Waals surface area contributed by atoms with Crippen molar-refractivity contribution >= 4 is 11.6 Å². The first-order chi connectivity index (χ1) is 8.65. The highest BCUT2D eigenvalue weighted by atomic mass is 35.5. The van der Waals surface area contributed by atoms with Gasteiger partial charge in [-0.05, 0) is 24.5 Å². The smallest absolute Gasteiger partial charge is 0.142 e. The van der Waals surface area contributed by atoms with Gasteiger partial charge in [-0.1, -0.05) is 37.3 Å². The van der Waals surface area contributed by atoms with Gasteiger partial charge in [-0.15, -0.1) is 0 Å². The normalized spacial score (nSPS) is 17.9. The van der Waals surface area contributed by atoms with Gasteiger partial charge in [-0.25, -0.2) is 4.39 Å². The van der Waals surface area contributed by atoms with Gasteiger partial charge in [0.1, 0.15) is 18.2 Å². The van der Waals surface area contributed by atoms with Crippen LogP contribution in [-0.2, 0) is 0 Å². The molecule has 0 spiro atoms. The lowest BCUT2D eigenvalue weighted by atomic mass is 10.0. The highest BCUT2D eigenvalue weighted by molar-refractivity contribution is 6.30. The molecule has 1 aromatic rings. The van der Waals surface area contributed by atoms with Gasteiger partial charge >= 0.3 is 0 Å². The minimum Gasteiger partial charge on any atom is -0.491 e. The second kappa shape index (κ2) is 6.39. The molecule has 1 unspecified atom stereocenters. The van der Waals surface area contributed by atoms with Gasteiger partial charge in [-0.2, -0.15) is 0 Å². The zero-order valence-electron chi connectivity index (χ0n) is 10.2. The molecule has 1 aromatic carbocycles. The van der Waals surface area contributed by atoms with Crippen LogP contribution >= 0.6 is 11.6 Å². The number of aliphatic hydroxyl groups excluding tert-OH is 1. The molecule has 1 aliphatic rings. The predicted octanol–water partition coefficient (Wildman–Crippen LogP) is 3.80. The van der Waals surface area contributed by atoms with Crippen molar-refractivity contribution in [1.29, 1.82) is 0 Å². The summed E-state index contributed by atoms with van der Waals surface area (Å²) in [6.07, 6.45) is 5.28. The van der Waals surface area contributed by atoms with Crippen LogP contribution in [0.1, 0.15) is 32.1 Å². The van der Waals surface area contributed by atoms with E-state index in [0.717, 1.165) is 6.42 Å². The van der Waals surface area contributed by atoms with E-state index in [1.54, 1.807) is 0 Å². The summed E-state index contributed by atoms with van der Waals surface area (Å²) >= 11 is 5.65. The van der Waals surface area contributed by atoms with Gasteiger partial charge in [0.2, 0.25) is 0 Å². The summed E-state index contributed by atoms with van der Waals surface area (Å²) in [5, 5.41) is 9.90. The number of halogens is 2. The lowest BCUT2D eigenvalue weighted by Gasteiger charge is -2.16. The Morgan fingerprint density at radius 3 is 2.78 bits per heavy atom. The van der Waals surface area contributed by atoms with Crippen LogP contribution in [0.15, 0.2) is 18.2 Å². The summed E-state index contributed by atoms with van der Waals surface area (Å²) in [5.41, 5.74) is 0. The molecule has 2 nitrogen and oxygen atoms in total. The summed E-state index contributed by atoms with van der Waals surface area (Å²) in [6.45, 7) is 0.235. The van der Waals surface area contributed by atoms with Gasteiger partial charge in [0.25, 0.3) is 0 Å². The Morgan fingerprint density at radius 1 is 1.39 bits per heavy atom. The average molecular weight is 273 g/mol. The lowest BCUT2D eigenvalue weighted by Crippen LogP contribution is -2.20. The van der Waals surface area contributed by atoms with Gasteiger partial charge < -0.3 is 9.84 Å². The summed E-state index contributed by atoms with van der Waals surface area (Å²) in [4.78, 5) is 0. The molecule has 0 heterocycles. The molecular weight excluding hydrogens is 255 g/mol. The van der Waals surface area contributed by atoms with Gasteiger partial charge in [-0.3, -0.25) is 0 Å². The summed E-state index contributed by atoms with van der Waals surface area (Å²) in [6, 6.07) is 4.21. The molecule has 0 bridgehead atoms. The van der Waals surface area contributed by atoms with E-state index in [0.29, 0.717) is 11.7 Å². The van der Waals surface area contributed by atoms with Crippen molar-refractivity contribution in [2.45, 2.75) is 38.2 Å². The zero-order valence-corrected chi connectivity index (χ0v) is 11.0. The molecule has 0 aliphatic heterocycles. The van der Waals surface area contributed by atoms with E-state index < -0.39 is 11.9 Å². The second-order valence-electron chi connectivity index (χ2n) is 4.93. The number of ether oxygens (including phenoxy) is 1. The predicted molar refractivity (Wildman–Crippen MR) is 69.5 cm³/mol. The molecule has 100 valence electrons. The summed E-state index contributed by atoms with van der Waals surface area (Å²) in [5.74, 6) is 0.655. The fraction of sp³-hybridized carbons (Fsp3) is 0.571. The van der Waals surface area contributed by atoms with Crippen molar-refractivity contribution in [3.05, 3.63) is 29.0 Å². The number of benzene rings is 1. The monoisotopic (exact) mass is 272 g/mol. The maximum atomic E-state index is 12.9. The van der Waals surface area contributed by atoms with Crippen LogP contribution in [0.4, 0.5) is 4.39 Å². The molecule has 1 fully saturated rings. The molecule has 1 N–H and O–H groups in total. The SMILES string of the molecule is OC(COc1ccc(F)c(Cl)c1)CC1CCCC1. The number of hydrogen-bond acceptors (Lipinski definition) is 2. The Morgan fingerprint density at radius 2 is 2.11 bits per heavy atom. The fourth-order valence-corrected chi connectivity index (χ4v) is 2.63. The Labute approximate surface area is 112 Å². The van der Waals surface area contributed by atoms with E-state index in [1.807, 2.05) is 0 Å². The summed E-state index contributed by atoms with van der Waals surface area (Å²) < 4.78 is 18.3. The van der Waals surface area contributed by atoms with Crippen molar-refractivity contribution < 1.29 is 14.2 Å². The topological polar surface area (TPSA) is 29.5 Å². The van der Waals surface area contributed by atoms with Crippen molar-refractivity contribution in [2.75, 3.05) is 6.61 Å². The Balaban J connectivity index is 1.77. The van der Waals surface area contributed by atoms with Crippen LogP contribution < -0.4 is 4.74 Å². The fourth-order valence-electron chi connectivity index (χ4n) is 2.46. The largest absolute Gasteiger partial charge is 0.491 e. The lowest BCUT2D eigenvalue weighted by molar-refractivity contribution is 0.0855. The average Bonchev–Trinajstić information content (AvgIpc) is 2.83. The first kappa shape index (κ1) is 13.6. The Kier molecular flexibility index (Phi) is 4.84. The van der Waals surface area contributed by atoms with E-state index >= 15 is 0 Å². The van der Waals surface area contributed by atoms with Crippen molar-refractivity contribution in [3.63, 3.8) is 0 Å². The maximum absolute atomic E-state index is 12.9. The maximum Gasteiger partial charge on any atom is 0.142 e. The van der Waals surface area contributed by atoms with Crippen molar-refractivity contribution in [2.24, 2.45) is 5.92 Å². The van der Waals surface area contributed by atoms with Crippen molar-refractivity contribution in [3.8, 4) is 5.75 Å². The van der Waals surface area contributed by atoms with Crippen LogP contribution in [0.3, 0.4) is 0 Å². The Bertz CT molecular complexity index is 391. The van der Waals surface area contributed by atoms with E-state index in [2.05, 4.69) is 0 Å². The zero-order chi connectivity index (χ0) is 13.0. The third kappa shape index (κ3) is 3.85. The third-order valence-corrected chi connectivity index (χ3v) is 3.70. The van der Waals surface area contributed by atoms with Crippen LogP contribution in [0.2, 0.25) is 5.02 Å². The molecule has 0 amide bonds. The highest BCUT2D eigenvalue weighted by Crippen LogP contribution is 2.29. The summed E-state index contributed by atoms with van der Waals surface area (Å²) in [7, 11) is 0.